The van der Waals surface area contributed by atoms with E-state index in [0.29, 0.717) is 0 Å². The lowest BCUT2D eigenvalue weighted by atomic mass is 10.0. The normalized spacial score (nSPS) is 19.9. The van der Waals surface area contributed by atoms with Crippen LogP contribution < -0.4 is 14.8 Å². The fourth-order valence-electron chi connectivity index (χ4n) is 2.66. The van der Waals surface area contributed by atoms with Crippen LogP contribution in [0.5, 0.6) is 17.2 Å². The van der Waals surface area contributed by atoms with Crippen molar-refractivity contribution in [2.45, 2.75) is 32.4 Å². The van der Waals surface area contributed by atoms with Gasteiger partial charge in [-0.1, -0.05) is 25.1 Å². The zero-order valence-electron chi connectivity index (χ0n) is 12.5. The maximum atomic E-state index is 5.91. The zero-order chi connectivity index (χ0) is 14.7. The SMILES string of the molecule is CCCNC1c2cc(Oc3ccccc3)ccc2OC1C. The molecule has 0 aliphatic carbocycles. The van der Waals surface area contributed by atoms with Crippen molar-refractivity contribution in [3.8, 4) is 17.2 Å². The molecule has 0 saturated carbocycles. The second kappa shape index (κ2) is 6.19. The molecule has 2 atom stereocenters. The van der Waals surface area contributed by atoms with Crippen LogP contribution in [0, 0.1) is 0 Å². The quantitative estimate of drug-likeness (QED) is 0.887. The van der Waals surface area contributed by atoms with Crippen molar-refractivity contribution in [2.75, 3.05) is 6.54 Å². The minimum Gasteiger partial charge on any atom is -0.488 e. The van der Waals surface area contributed by atoms with Gasteiger partial charge in [0, 0.05) is 5.56 Å². The number of nitrogens with one attached hydrogen (secondary N) is 1. The Morgan fingerprint density at radius 3 is 2.67 bits per heavy atom. The molecule has 0 amide bonds. The van der Waals surface area contributed by atoms with Crippen LogP contribution in [-0.2, 0) is 0 Å². The maximum Gasteiger partial charge on any atom is 0.128 e. The first-order chi connectivity index (χ1) is 10.3. The molecule has 0 spiro atoms. The number of hydrogen-bond donors (Lipinski definition) is 1. The Labute approximate surface area is 125 Å². The Balaban J connectivity index is 1.82. The van der Waals surface area contributed by atoms with Crippen LogP contribution in [0.4, 0.5) is 0 Å². The zero-order valence-corrected chi connectivity index (χ0v) is 12.5. The van der Waals surface area contributed by atoms with Crippen LogP contribution >= 0.6 is 0 Å². The van der Waals surface area contributed by atoms with Gasteiger partial charge in [-0.3, -0.25) is 0 Å². The number of hydrogen-bond acceptors (Lipinski definition) is 3. The fraction of sp³-hybridized carbons (Fsp3) is 0.333. The van der Waals surface area contributed by atoms with Crippen LogP contribution in [-0.4, -0.2) is 12.6 Å². The van der Waals surface area contributed by atoms with Gasteiger partial charge in [-0.2, -0.15) is 0 Å². The lowest BCUT2D eigenvalue weighted by molar-refractivity contribution is 0.210. The number of para-hydroxylation sites is 1. The van der Waals surface area contributed by atoms with Crippen molar-refractivity contribution in [3.05, 3.63) is 54.1 Å². The highest BCUT2D eigenvalue weighted by atomic mass is 16.5. The lowest BCUT2D eigenvalue weighted by Crippen LogP contribution is -2.29. The van der Waals surface area contributed by atoms with Gasteiger partial charge in [0.1, 0.15) is 23.4 Å². The van der Waals surface area contributed by atoms with E-state index in [-0.39, 0.29) is 12.1 Å². The highest BCUT2D eigenvalue weighted by Gasteiger charge is 2.30. The molecule has 3 rings (SSSR count). The molecule has 1 N–H and O–H groups in total. The molecule has 1 heterocycles. The monoisotopic (exact) mass is 283 g/mol. The highest BCUT2D eigenvalue weighted by molar-refractivity contribution is 5.46. The molecule has 110 valence electrons. The summed E-state index contributed by atoms with van der Waals surface area (Å²) in [5.74, 6) is 2.65. The molecule has 21 heavy (non-hydrogen) atoms. The molecule has 0 aromatic heterocycles. The van der Waals surface area contributed by atoms with Crippen molar-refractivity contribution in [3.63, 3.8) is 0 Å². The summed E-state index contributed by atoms with van der Waals surface area (Å²) in [7, 11) is 0. The first kappa shape index (κ1) is 14.0. The van der Waals surface area contributed by atoms with E-state index < -0.39 is 0 Å². The van der Waals surface area contributed by atoms with Gasteiger partial charge >= 0.3 is 0 Å². The Hall–Kier alpha value is -2.00. The van der Waals surface area contributed by atoms with Crippen LogP contribution in [0.2, 0.25) is 0 Å². The van der Waals surface area contributed by atoms with Gasteiger partial charge in [-0.05, 0) is 50.2 Å². The Kier molecular flexibility index (Phi) is 4.11. The van der Waals surface area contributed by atoms with Crippen molar-refractivity contribution < 1.29 is 9.47 Å². The van der Waals surface area contributed by atoms with Crippen molar-refractivity contribution in [2.24, 2.45) is 0 Å². The van der Waals surface area contributed by atoms with Crippen molar-refractivity contribution >= 4 is 0 Å². The van der Waals surface area contributed by atoms with E-state index in [9.17, 15) is 0 Å². The fourth-order valence-corrected chi connectivity index (χ4v) is 2.66. The van der Waals surface area contributed by atoms with E-state index in [1.165, 1.54) is 5.56 Å². The van der Waals surface area contributed by atoms with Crippen molar-refractivity contribution in [1.82, 2.24) is 5.32 Å². The number of rotatable bonds is 5. The molecule has 0 bridgehead atoms. The van der Waals surface area contributed by atoms with E-state index in [1.54, 1.807) is 0 Å². The third-order valence-electron chi connectivity index (χ3n) is 3.69. The molecular weight excluding hydrogens is 262 g/mol. The summed E-state index contributed by atoms with van der Waals surface area (Å²) >= 11 is 0. The van der Waals surface area contributed by atoms with E-state index in [4.69, 9.17) is 9.47 Å². The second-order valence-electron chi connectivity index (χ2n) is 5.37. The topological polar surface area (TPSA) is 30.5 Å². The molecule has 3 nitrogen and oxygen atoms in total. The minimum atomic E-state index is 0.151. The average Bonchev–Trinajstić information content (AvgIpc) is 2.81. The van der Waals surface area contributed by atoms with Gasteiger partial charge in [0.2, 0.25) is 0 Å². The predicted octanol–water partition coefficient (Wildman–Crippen LogP) is 4.30. The Morgan fingerprint density at radius 1 is 1.10 bits per heavy atom. The van der Waals surface area contributed by atoms with Crippen LogP contribution in [0.3, 0.4) is 0 Å². The van der Waals surface area contributed by atoms with E-state index in [2.05, 4.69) is 25.2 Å². The standard InChI is InChI=1S/C18H21NO2/c1-3-11-19-18-13(2)20-17-10-9-15(12-16(17)18)21-14-7-5-4-6-8-14/h4-10,12-13,18-19H,3,11H2,1-2H3. The summed E-state index contributed by atoms with van der Waals surface area (Å²) in [4.78, 5) is 0. The Bertz CT molecular complexity index is 597. The third kappa shape index (κ3) is 3.03. The lowest BCUT2D eigenvalue weighted by Gasteiger charge is -2.16. The molecule has 1 aliphatic heterocycles. The van der Waals surface area contributed by atoms with Crippen LogP contribution in [0.25, 0.3) is 0 Å². The van der Waals surface area contributed by atoms with Crippen molar-refractivity contribution in [1.29, 1.82) is 0 Å². The molecule has 2 aromatic carbocycles. The smallest absolute Gasteiger partial charge is 0.128 e. The predicted molar refractivity (Wildman–Crippen MR) is 84.1 cm³/mol. The first-order valence-corrected chi connectivity index (χ1v) is 7.55. The summed E-state index contributed by atoms with van der Waals surface area (Å²) in [5, 5.41) is 3.55. The van der Waals surface area contributed by atoms with Gasteiger partial charge in [0.25, 0.3) is 0 Å². The van der Waals surface area contributed by atoms with Crippen LogP contribution in [0.15, 0.2) is 48.5 Å². The molecular formula is C18H21NO2. The maximum absolute atomic E-state index is 5.91. The summed E-state index contributed by atoms with van der Waals surface area (Å²) in [6.07, 6.45) is 1.26. The van der Waals surface area contributed by atoms with E-state index in [1.807, 2.05) is 42.5 Å². The van der Waals surface area contributed by atoms with Gasteiger partial charge in [0.05, 0.1) is 6.04 Å². The summed E-state index contributed by atoms with van der Waals surface area (Å²) in [6.45, 7) is 5.26. The first-order valence-electron chi connectivity index (χ1n) is 7.55. The molecule has 0 saturated heterocycles. The third-order valence-corrected chi connectivity index (χ3v) is 3.69. The second-order valence-corrected chi connectivity index (χ2v) is 5.37. The number of benzene rings is 2. The highest BCUT2D eigenvalue weighted by Crippen LogP contribution is 2.39. The summed E-state index contributed by atoms with van der Waals surface area (Å²) < 4.78 is 11.8. The molecule has 3 heteroatoms. The summed E-state index contributed by atoms with van der Waals surface area (Å²) in [6, 6.07) is 16.1. The summed E-state index contributed by atoms with van der Waals surface area (Å²) in [5.41, 5.74) is 1.18. The van der Waals surface area contributed by atoms with E-state index in [0.717, 1.165) is 30.2 Å². The molecule has 0 radical (unpaired) electrons. The average molecular weight is 283 g/mol. The van der Waals surface area contributed by atoms with E-state index >= 15 is 0 Å². The number of fused-ring (bicyclic) bond motifs is 1. The van der Waals surface area contributed by atoms with Gasteiger partial charge in [-0.25, -0.2) is 0 Å². The van der Waals surface area contributed by atoms with Gasteiger partial charge in [-0.15, -0.1) is 0 Å². The van der Waals surface area contributed by atoms with Crippen LogP contribution in [0.1, 0.15) is 31.9 Å². The molecule has 2 unspecified atom stereocenters. The molecule has 1 aliphatic rings. The van der Waals surface area contributed by atoms with Gasteiger partial charge in [0.15, 0.2) is 0 Å². The largest absolute Gasteiger partial charge is 0.488 e. The van der Waals surface area contributed by atoms with Gasteiger partial charge < -0.3 is 14.8 Å². The molecule has 0 fully saturated rings. The Morgan fingerprint density at radius 2 is 1.90 bits per heavy atom. The number of ether oxygens (including phenoxy) is 2. The minimum absolute atomic E-state index is 0.151. The molecule has 2 aromatic rings.